The first-order chi connectivity index (χ1) is 12.4. The van der Waals surface area contributed by atoms with Crippen molar-refractivity contribution in [3.05, 3.63) is 24.5 Å². The second-order valence-electron chi connectivity index (χ2n) is 8.71. The number of nitrogens with zero attached hydrogens (tertiary/aromatic N) is 2. The standard InChI is InChI=1S/C21H31N3O/c1-2-9-21(8-1)19(18-7-14-25-20(18)21)23-15-16-5-12-24(13-6-16)17-3-10-22-11-4-17/h3-4,10-11,16,18-20,23H,1-2,5-9,12-15H2. The van der Waals surface area contributed by atoms with Gasteiger partial charge in [0.25, 0.3) is 0 Å². The molecule has 2 saturated carbocycles. The van der Waals surface area contributed by atoms with Crippen molar-refractivity contribution in [3.63, 3.8) is 0 Å². The normalized spacial score (nSPS) is 34.2. The Hall–Kier alpha value is -1.13. The Morgan fingerprint density at radius 1 is 1.12 bits per heavy atom. The number of hydrogen-bond donors (Lipinski definition) is 1. The Morgan fingerprint density at radius 3 is 2.64 bits per heavy atom. The van der Waals surface area contributed by atoms with E-state index in [0.29, 0.717) is 11.5 Å². The van der Waals surface area contributed by atoms with Crippen molar-refractivity contribution in [1.82, 2.24) is 10.3 Å². The molecule has 136 valence electrons. The molecule has 2 aliphatic heterocycles. The molecule has 0 bridgehead atoms. The van der Waals surface area contributed by atoms with E-state index in [2.05, 4.69) is 27.3 Å². The van der Waals surface area contributed by atoms with Crippen LogP contribution in [0.5, 0.6) is 0 Å². The zero-order valence-electron chi connectivity index (χ0n) is 15.2. The Labute approximate surface area is 151 Å². The summed E-state index contributed by atoms with van der Waals surface area (Å²) >= 11 is 0. The van der Waals surface area contributed by atoms with Crippen LogP contribution >= 0.6 is 0 Å². The Kier molecular flexibility index (Phi) is 4.21. The fourth-order valence-corrected chi connectivity index (χ4v) is 6.25. The van der Waals surface area contributed by atoms with Crippen molar-refractivity contribution in [2.24, 2.45) is 17.3 Å². The van der Waals surface area contributed by atoms with E-state index in [9.17, 15) is 0 Å². The van der Waals surface area contributed by atoms with E-state index in [1.165, 1.54) is 70.3 Å². The van der Waals surface area contributed by atoms with E-state index in [4.69, 9.17) is 4.74 Å². The summed E-state index contributed by atoms with van der Waals surface area (Å²) in [5.41, 5.74) is 1.83. The molecule has 1 N–H and O–H groups in total. The first-order valence-electron chi connectivity index (χ1n) is 10.4. The van der Waals surface area contributed by atoms with Gasteiger partial charge in [0.05, 0.1) is 6.10 Å². The van der Waals surface area contributed by atoms with Crippen molar-refractivity contribution in [1.29, 1.82) is 0 Å². The largest absolute Gasteiger partial charge is 0.377 e. The second kappa shape index (κ2) is 6.55. The number of ether oxygens (including phenoxy) is 1. The van der Waals surface area contributed by atoms with Crippen molar-refractivity contribution < 1.29 is 4.74 Å². The lowest BCUT2D eigenvalue weighted by molar-refractivity contribution is -0.131. The quantitative estimate of drug-likeness (QED) is 0.912. The maximum Gasteiger partial charge on any atom is 0.0690 e. The van der Waals surface area contributed by atoms with Gasteiger partial charge in [-0.15, -0.1) is 0 Å². The van der Waals surface area contributed by atoms with Crippen LogP contribution in [0.2, 0.25) is 0 Å². The van der Waals surface area contributed by atoms with Gasteiger partial charge in [-0.25, -0.2) is 0 Å². The first-order valence-corrected chi connectivity index (χ1v) is 10.4. The molecule has 25 heavy (non-hydrogen) atoms. The Bertz CT molecular complexity index is 578. The van der Waals surface area contributed by atoms with Gasteiger partial charge in [-0.05, 0) is 56.7 Å². The molecule has 3 atom stereocenters. The molecule has 3 heterocycles. The van der Waals surface area contributed by atoms with E-state index >= 15 is 0 Å². The third-order valence-corrected chi connectivity index (χ3v) is 7.55. The Morgan fingerprint density at radius 2 is 1.88 bits per heavy atom. The third kappa shape index (κ3) is 2.69. The lowest BCUT2D eigenvalue weighted by Crippen LogP contribution is -2.67. The molecular formula is C21H31N3O. The van der Waals surface area contributed by atoms with E-state index in [1.807, 2.05) is 12.4 Å². The highest BCUT2D eigenvalue weighted by atomic mass is 16.5. The molecule has 5 rings (SSSR count). The molecule has 3 unspecified atom stereocenters. The highest BCUT2D eigenvalue weighted by Gasteiger charge is 2.64. The molecule has 0 radical (unpaired) electrons. The molecule has 1 aromatic rings. The van der Waals surface area contributed by atoms with Crippen molar-refractivity contribution in [2.75, 3.05) is 31.1 Å². The molecule has 1 spiro atoms. The molecule has 1 aromatic heterocycles. The van der Waals surface area contributed by atoms with Crippen LogP contribution in [0, 0.1) is 17.3 Å². The van der Waals surface area contributed by atoms with Crippen LogP contribution in [0.1, 0.15) is 44.9 Å². The monoisotopic (exact) mass is 341 g/mol. The number of anilines is 1. The van der Waals surface area contributed by atoms with E-state index in [0.717, 1.165) is 24.5 Å². The van der Waals surface area contributed by atoms with Crippen molar-refractivity contribution in [2.45, 2.75) is 57.1 Å². The first kappa shape index (κ1) is 16.1. The molecule has 2 aliphatic carbocycles. The average molecular weight is 341 g/mol. The van der Waals surface area contributed by atoms with Crippen LogP contribution in [0.25, 0.3) is 0 Å². The minimum absolute atomic E-state index is 0.499. The van der Waals surface area contributed by atoms with E-state index < -0.39 is 0 Å². The number of rotatable bonds is 4. The van der Waals surface area contributed by atoms with Crippen LogP contribution in [-0.4, -0.2) is 43.4 Å². The second-order valence-corrected chi connectivity index (χ2v) is 8.71. The van der Waals surface area contributed by atoms with Gasteiger partial charge in [-0.1, -0.05) is 12.8 Å². The van der Waals surface area contributed by atoms with Gasteiger partial charge in [-0.2, -0.15) is 0 Å². The number of aromatic nitrogens is 1. The summed E-state index contributed by atoms with van der Waals surface area (Å²) in [5, 5.41) is 4.04. The summed E-state index contributed by atoms with van der Waals surface area (Å²) < 4.78 is 6.12. The number of fused-ring (bicyclic) bond motifs is 2. The van der Waals surface area contributed by atoms with Crippen LogP contribution in [0.4, 0.5) is 5.69 Å². The molecule has 2 saturated heterocycles. The van der Waals surface area contributed by atoms with Gasteiger partial charge >= 0.3 is 0 Å². The fourth-order valence-electron chi connectivity index (χ4n) is 6.25. The minimum atomic E-state index is 0.499. The summed E-state index contributed by atoms with van der Waals surface area (Å²) in [6.07, 6.45) is 13.9. The van der Waals surface area contributed by atoms with Gasteiger partial charge in [0.2, 0.25) is 0 Å². The molecule has 0 aromatic carbocycles. The molecule has 4 aliphatic rings. The number of piperidine rings is 1. The molecular weight excluding hydrogens is 310 g/mol. The topological polar surface area (TPSA) is 37.4 Å². The van der Waals surface area contributed by atoms with E-state index in [1.54, 1.807) is 0 Å². The lowest BCUT2D eigenvalue weighted by atomic mass is 9.54. The van der Waals surface area contributed by atoms with Crippen molar-refractivity contribution in [3.8, 4) is 0 Å². The maximum absolute atomic E-state index is 6.12. The van der Waals surface area contributed by atoms with Gasteiger partial charge in [0, 0.05) is 55.2 Å². The molecule has 0 amide bonds. The summed E-state index contributed by atoms with van der Waals surface area (Å²) in [6.45, 7) is 4.57. The van der Waals surface area contributed by atoms with Crippen LogP contribution < -0.4 is 10.2 Å². The highest BCUT2D eigenvalue weighted by molar-refractivity contribution is 5.44. The minimum Gasteiger partial charge on any atom is -0.377 e. The van der Waals surface area contributed by atoms with Gasteiger partial charge in [-0.3, -0.25) is 4.98 Å². The van der Waals surface area contributed by atoms with Gasteiger partial charge < -0.3 is 15.0 Å². The molecule has 4 heteroatoms. The van der Waals surface area contributed by atoms with Gasteiger partial charge in [0.15, 0.2) is 0 Å². The third-order valence-electron chi connectivity index (χ3n) is 7.55. The fraction of sp³-hybridized carbons (Fsp3) is 0.762. The van der Waals surface area contributed by atoms with Crippen LogP contribution in [0.15, 0.2) is 24.5 Å². The summed E-state index contributed by atoms with van der Waals surface area (Å²) in [4.78, 5) is 6.65. The summed E-state index contributed by atoms with van der Waals surface area (Å²) in [5.74, 6) is 1.63. The summed E-state index contributed by atoms with van der Waals surface area (Å²) in [6, 6.07) is 5.01. The predicted octanol–water partition coefficient (Wildman–Crippen LogP) is 3.24. The predicted molar refractivity (Wildman–Crippen MR) is 99.7 cm³/mol. The Balaban J connectivity index is 1.15. The zero-order chi connectivity index (χ0) is 16.7. The average Bonchev–Trinajstić information content (AvgIpc) is 3.32. The summed E-state index contributed by atoms with van der Waals surface area (Å²) in [7, 11) is 0. The number of hydrogen-bond acceptors (Lipinski definition) is 4. The molecule has 4 nitrogen and oxygen atoms in total. The molecule has 4 fully saturated rings. The number of nitrogens with one attached hydrogen (secondary N) is 1. The number of pyridine rings is 1. The maximum atomic E-state index is 6.12. The van der Waals surface area contributed by atoms with E-state index in [-0.39, 0.29) is 0 Å². The smallest absolute Gasteiger partial charge is 0.0690 e. The van der Waals surface area contributed by atoms with Crippen molar-refractivity contribution >= 4 is 5.69 Å². The SMILES string of the molecule is c1cc(N2CCC(CNC3C4CCOC4C34CCCC4)CC2)ccn1. The van der Waals surface area contributed by atoms with Crippen LogP contribution in [0.3, 0.4) is 0 Å². The van der Waals surface area contributed by atoms with Crippen LogP contribution in [-0.2, 0) is 4.74 Å². The zero-order valence-corrected chi connectivity index (χ0v) is 15.2. The highest BCUT2D eigenvalue weighted by Crippen LogP contribution is 2.60. The van der Waals surface area contributed by atoms with Gasteiger partial charge in [0.1, 0.15) is 0 Å². The lowest BCUT2D eigenvalue weighted by Gasteiger charge is -2.57.